The second-order valence-corrected chi connectivity index (χ2v) is 6.16. The van der Waals surface area contributed by atoms with E-state index in [-0.39, 0.29) is 0 Å². The van der Waals surface area contributed by atoms with Crippen LogP contribution >= 0.6 is 0 Å². The standard InChI is InChI=1S/C19H19N3/c20-12-15-13-21-18-16-7-3-2-6-14(16)8-9-17(18)19(15)22-10-4-1-5-11-22/h2-3,6-7,13H,1,4-5,8-11H2. The Hall–Kier alpha value is -2.34. The third-order valence-electron chi connectivity index (χ3n) is 4.86. The van der Waals surface area contributed by atoms with Crippen LogP contribution in [-0.2, 0) is 12.8 Å². The molecule has 3 heteroatoms. The Morgan fingerprint density at radius 1 is 1.05 bits per heavy atom. The highest BCUT2D eigenvalue weighted by Gasteiger charge is 2.25. The van der Waals surface area contributed by atoms with Gasteiger partial charge in [-0.05, 0) is 37.7 Å². The molecule has 1 fully saturated rings. The summed E-state index contributed by atoms with van der Waals surface area (Å²) in [7, 11) is 0. The van der Waals surface area contributed by atoms with Crippen LogP contribution in [0.2, 0.25) is 0 Å². The van der Waals surface area contributed by atoms with E-state index in [2.05, 4.69) is 40.2 Å². The lowest BCUT2D eigenvalue weighted by molar-refractivity contribution is 0.575. The van der Waals surface area contributed by atoms with E-state index in [1.165, 1.54) is 36.0 Å². The molecule has 2 heterocycles. The van der Waals surface area contributed by atoms with Gasteiger partial charge < -0.3 is 4.90 Å². The third kappa shape index (κ3) is 2.07. The maximum absolute atomic E-state index is 9.53. The second kappa shape index (κ2) is 5.46. The van der Waals surface area contributed by atoms with Gasteiger partial charge in [0, 0.05) is 30.4 Å². The molecule has 0 amide bonds. The molecule has 0 radical (unpaired) electrons. The topological polar surface area (TPSA) is 39.9 Å². The van der Waals surface area contributed by atoms with E-state index in [9.17, 15) is 5.26 Å². The summed E-state index contributed by atoms with van der Waals surface area (Å²) in [5.74, 6) is 0. The number of benzene rings is 1. The molecule has 1 aliphatic carbocycles. The normalized spacial score (nSPS) is 16.6. The third-order valence-corrected chi connectivity index (χ3v) is 4.86. The van der Waals surface area contributed by atoms with Gasteiger partial charge in [-0.25, -0.2) is 0 Å². The molecule has 2 aliphatic rings. The van der Waals surface area contributed by atoms with E-state index in [0.29, 0.717) is 0 Å². The van der Waals surface area contributed by atoms with Crippen LogP contribution in [0.5, 0.6) is 0 Å². The number of rotatable bonds is 1. The number of anilines is 1. The van der Waals surface area contributed by atoms with Crippen molar-refractivity contribution in [3.63, 3.8) is 0 Å². The van der Waals surface area contributed by atoms with Gasteiger partial charge in [0.1, 0.15) is 6.07 Å². The maximum Gasteiger partial charge on any atom is 0.103 e. The van der Waals surface area contributed by atoms with E-state index in [1.54, 1.807) is 6.20 Å². The molecule has 2 aromatic rings. The maximum atomic E-state index is 9.53. The lowest BCUT2D eigenvalue weighted by Crippen LogP contribution is -2.31. The summed E-state index contributed by atoms with van der Waals surface area (Å²) in [6, 6.07) is 10.9. The lowest BCUT2D eigenvalue weighted by atomic mass is 9.87. The van der Waals surface area contributed by atoms with Crippen molar-refractivity contribution in [1.29, 1.82) is 5.26 Å². The number of nitriles is 1. The Labute approximate surface area is 131 Å². The van der Waals surface area contributed by atoms with Crippen LogP contribution in [0.25, 0.3) is 11.3 Å². The number of hydrogen-bond donors (Lipinski definition) is 0. The molecule has 0 N–H and O–H groups in total. The van der Waals surface area contributed by atoms with Gasteiger partial charge >= 0.3 is 0 Å². The molecule has 0 bridgehead atoms. The number of pyridine rings is 1. The monoisotopic (exact) mass is 289 g/mol. The van der Waals surface area contributed by atoms with Gasteiger partial charge in [-0.3, -0.25) is 4.98 Å². The Kier molecular flexibility index (Phi) is 3.31. The van der Waals surface area contributed by atoms with Crippen LogP contribution in [0, 0.1) is 11.3 Å². The van der Waals surface area contributed by atoms with Gasteiger partial charge in [0.2, 0.25) is 0 Å². The summed E-state index contributed by atoms with van der Waals surface area (Å²) in [6.07, 6.45) is 7.54. The first-order valence-electron chi connectivity index (χ1n) is 8.13. The minimum atomic E-state index is 0.736. The molecular weight excluding hydrogens is 270 g/mol. The number of aryl methyl sites for hydroxylation is 1. The molecular formula is C19H19N3. The number of piperidine rings is 1. The Morgan fingerprint density at radius 2 is 1.86 bits per heavy atom. The summed E-state index contributed by atoms with van der Waals surface area (Å²) in [5.41, 5.74) is 6.87. The molecule has 1 aromatic carbocycles. The first-order chi connectivity index (χ1) is 10.9. The van der Waals surface area contributed by atoms with Crippen molar-refractivity contribution in [1.82, 2.24) is 4.98 Å². The van der Waals surface area contributed by atoms with Gasteiger partial charge in [0.25, 0.3) is 0 Å². The highest BCUT2D eigenvalue weighted by Crippen LogP contribution is 2.39. The van der Waals surface area contributed by atoms with Crippen LogP contribution in [0.15, 0.2) is 30.5 Å². The largest absolute Gasteiger partial charge is 0.370 e. The van der Waals surface area contributed by atoms with Gasteiger partial charge in [0.15, 0.2) is 0 Å². The number of fused-ring (bicyclic) bond motifs is 3. The minimum absolute atomic E-state index is 0.736. The van der Waals surface area contributed by atoms with Crippen LogP contribution in [0.3, 0.4) is 0 Å². The Balaban J connectivity index is 1.90. The quantitative estimate of drug-likeness (QED) is 0.803. The SMILES string of the molecule is N#Cc1cnc2c(c1N1CCCCC1)CCc1ccccc1-2. The van der Waals surface area contributed by atoms with Gasteiger partial charge in [0.05, 0.1) is 16.9 Å². The molecule has 22 heavy (non-hydrogen) atoms. The molecule has 1 saturated heterocycles. The zero-order valence-electron chi connectivity index (χ0n) is 12.7. The summed E-state index contributed by atoms with van der Waals surface area (Å²) >= 11 is 0. The molecule has 1 aliphatic heterocycles. The Morgan fingerprint density at radius 3 is 2.68 bits per heavy atom. The molecule has 3 nitrogen and oxygen atoms in total. The van der Waals surface area contributed by atoms with E-state index < -0.39 is 0 Å². The van der Waals surface area contributed by atoms with Crippen molar-refractivity contribution in [3.05, 3.63) is 47.2 Å². The van der Waals surface area contributed by atoms with Gasteiger partial charge in [-0.1, -0.05) is 24.3 Å². The predicted octanol–water partition coefficient (Wildman–Crippen LogP) is 3.71. The zero-order valence-corrected chi connectivity index (χ0v) is 12.7. The highest BCUT2D eigenvalue weighted by molar-refractivity contribution is 5.78. The van der Waals surface area contributed by atoms with Crippen molar-refractivity contribution in [2.75, 3.05) is 18.0 Å². The van der Waals surface area contributed by atoms with Crippen LogP contribution in [0.4, 0.5) is 5.69 Å². The predicted molar refractivity (Wildman–Crippen MR) is 87.9 cm³/mol. The molecule has 0 spiro atoms. The average molecular weight is 289 g/mol. The molecule has 4 rings (SSSR count). The highest BCUT2D eigenvalue weighted by atomic mass is 15.1. The van der Waals surface area contributed by atoms with Crippen molar-refractivity contribution in [2.45, 2.75) is 32.1 Å². The number of hydrogen-bond acceptors (Lipinski definition) is 3. The van der Waals surface area contributed by atoms with Crippen LogP contribution < -0.4 is 4.90 Å². The number of aromatic nitrogens is 1. The summed E-state index contributed by atoms with van der Waals surface area (Å²) in [5, 5.41) is 9.53. The summed E-state index contributed by atoms with van der Waals surface area (Å²) < 4.78 is 0. The molecule has 110 valence electrons. The Bertz CT molecular complexity index is 752. The number of nitrogens with zero attached hydrogens (tertiary/aromatic N) is 3. The van der Waals surface area contributed by atoms with Crippen molar-refractivity contribution >= 4 is 5.69 Å². The average Bonchev–Trinajstić information content (AvgIpc) is 2.61. The van der Waals surface area contributed by atoms with E-state index in [1.807, 2.05) is 0 Å². The van der Waals surface area contributed by atoms with E-state index >= 15 is 0 Å². The van der Waals surface area contributed by atoms with E-state index in [4.69, 9.17) is 0 Å². The smallest absolute Gasteiger partial charge is 0.103 e. The fourth-order valence-corrected chi connectivity index (χ4v) is 3.80. The van der Waals surface area contributed by atoms with Gasteiger partial charge in [-0.15, -0.1) is 0 Å². The van der Waals surface area contributed by atoms with Crippen molar-refractivity contribution in [2.24, 2.45) is 0 Å². The fraction of sp³-hybridized carbons (Fsp3) is 0.368. The fourth-order valence-electron chi connectivity index (χ4n) is 3.80. The summed E-state index contributed by atoms with van der Waals surface area (Å²) in [4.78, 5) is 7.05. The van der Waals surface area contributed by atoms with Crippen molar-refractivity contribution < 1.29 is 0 Å². The molecule has 1 aromatic heterocycles. The molecule has 0 atom stereocenters. The van der Waals surface area contributed by atoms with Gasteiger partial charge in [-0.2, -0.15) is 5.26 Å². The molecule has 0 unspecified atom stereocenters. The summed E-state index contributed by atoms with van der Waals surface area (Å²) in [6.45, 7) is 2.12. The first kappa shape index (κ1) is 13.3. The second-order valence-electron chi connectivity index (χ2n) is 6.16. The minimum Gasteiger partial charge on any atom is -0.370 e. The van der Waals surface area contributed by atoms with Crippen LogP contribution in [-0.4, -0.2) is 18.1 Å². The van der Waals surface area contributed by atoms with Crippen LogP contribution in [0.1, 0.15) is 36.0 Å². The van der Waals surface area contributed by atoms with E-state index in [0.717, 1.165) is 42.9 Å². The first-order valence-corrected chi connectivity index (χ1v) is 8.13. The lowest BCUT2D eigenvalue weighted by Gasteiger charge is -2.33. The molecule has 0 saturated carbocycles. The van der Waals surface area contributed by atoms with Crippen molar-refractivity contribution in [3.8, 4) is 17.3 Å². The zero-order chi connectivity index (χ0) is 14.9.